The Labute approximate surface area is 152 Å². The van der Waals surface area contributed by atoms with Crippen molar-refractivity contribution in [2.45, 2.75) is 32.2 Å². The minimum Gasteiger partial charge on any atom is -0.337 e. The van der Waals surface area contributed by atoms with Crippen LogP contribution in [-0.2, 0) is 11.2 Å². The van der Waals surface area contributed by atoms with Crippen molar-refractivity contribution in [3.8, 4) is 11.4 Å². The second kappa shape index (κ2) is 7.12. The van der Waals surface area contributed by atoms with Crippen LogP contribution in [-0.4, -0.2) is 27.5 Å². The molecule has 1 aliphatic rings. The molecule has 1 atom stereocenters. The normalized spacial score (nSPS) is 16.8. The maximum Gasteiger partial charge on any atom is 0.249 e. The Kier molecular flexibility index (Phi) is 4.52. The van der Waals surface area contributed by atoms with Crippen molar-refractivity contribution in [1.82, 2.24) is 15.0 Å². The maximum atomic E-state index is 12.9. The molecule has 0 radical (unpaired) electrons. The SMILES string of the molecule is Cc1ccccc1CC(=O)N1CCC[C@@H]1c1nc(-c2ccccc2)no1. The van der Waals surface area contributed by atoms with E-state index in [-0.39, 0.29) is 11.9 Å². The second-order valence-corrected chi connectivity index (χ2v) is 6.67. The van der Waals surface area contributed by atoms with E-state index in [4.69, 9.17) is 4.52 Å². The molecule has 0 spiro atoms. The fraction of sp³-hybridized carbons (Fsp3) is 0.286. The Bertz CT molecular complexity index is 904. The Morgan fingerprint density at radius 1 is 1.15 bits per heavy atom. The van der Waals surface area contributed by atoms with Crippen LogP contribution in [0.15, 0.2) is 59.1 Å². The fourth-order valence-electron chi connectivity index (χ4n) is 3.47. The van der Waals surface area contributed by atoms with Gasteiger partial charge in [0.15, 0.2) is 0 Å². The Morgan fingerprint density at radius 2 is 1.92 bits per heavy atom. The van der Waals surface area contributed by atoms with Crippen molar-refractivity contribution in [3.63, 3.8) is 0 Å². The molecule has 3 aromatic rings. The average molecular weight is 347 g/mol. The summed E-state index contributed by atoms with van der Waals surface area (Å²) in [5.74, 6) is 1.21. The van der Waals surface area contributed by atoms with Gasteiger partial charge in [-0.05, 0) is 30.9 Å². The van der Waals surface area contributed by atoms with Gasteiger partial charge in [0.1, 0.15) is 6.04 Å². The number of hydrogen-bond acceptors (Lipinski definition) is 4. The number of carbonyl (C=O) groups is 1. The molecule has 26 heavy (non-hydrogen) atoms. The number of aryl methyl sites for hydroxylation is 1. The Morgan fingerprint density at radius 3 is 2.73 bits per heavy atom. The third-order valence-corrected chi connectivity index (χ3v) is 4.93. The van der Waals surface area contributed by atoms with Gasteiger partial charge in [0, 0.05) is 12.1 Å². The van der Waals surface area contributed by atoms with Gasteiger partial charge in [0.05, 0.1) is 6.42 Å². The summed E-state index contributed by atoms with van der Waals surface area (Å²) in [6, 6.07) is 17.6. The van der Waals surface area contributed by atoms with Crippen LogP contribution in [0.4, 0.5) is 0 Å². The van der Waals surface area contributed by atoms with Crippen molar-refractivity contribution < 1.29 is 9.32 Å². The minimum absolute atomic E-state index is 0.112. The molecular formula is C21H21N3O2. The van der Waals surface area contributed by atoms with Crippen molar-refractivity contribution in [2.75, 3.05) is 6.54 Å². The zero-order valence-corrected chi connectivity index (χ0v) is 14.8. The molecule has 1 fully saturated rings. The van der Waals surface area contributed by atoms with E-state index >= 15 is 0 Å². The van der Waals surface area contributed by atoms with Crippen LogP contribution in [0, 0.1) is 6.92 Å². The van der Waals surface area contributed by atoms with Crippen LogP contribution in [0.1, 0.15) is 35.9 Å². The van der Waals surface area contributed by atoms with Crippen LogP contribution in [0.2, 0.25) is 0 Å². The number of aromatic nitrogens is 2. The van der Waals surface area contributed by atoms with Gasteiger partial charge in [-0.25, -0.2) is 0 Å². The molecule has 4 rings (SSSR count). The lowest BCUT2D eigenvalue weighted by Gasteiger charge is -2.22. The van der Waals surface area contributed by atoms with Crippen LogP contribution in [0.3, 0.4) is 0 Å². The van der Waals surface area contributed by atoms with E-state index in [0.717, 1.165) is 36.1 Å². The maximum absolute atomic E-state index is 12.9. The summed E-state index contributed by atoms with van der Waals surface area (Å²) < 4.78 is 5.50. The summed E-state index contributed by atoms with van der Waals surface area (Å²) in [4.78, 5) is 19.3. The van der Waals surface area contributed by atoms with Gasteiger partial charge in [-0.15, -0.1) is 0 Å². The lowest BCUT2D eigenvalue weighted by atomic mass is 10.1. The number of likely N-dealkylation sites (tertiary alicyclic amines) is 1. The average Bonchev–Trinajstić information content (AvgIpc) is 3.33. The van der Waals surface area contributed by atoms with Gasteiger partial charge in [-0.3, -0.25) is 4.79 Å². The molecule has 0 saturated carbocycles. The van der Waals surface area contributed by atoms with Crippen LogP contribution >= 0.6 is 0 Å². The smallest absolute Gasteiger partial charge is 0.249 e. The zero-order chi connectivity index (χ0) is 17.9. The number of benzene rings is 2. The number of amides is 1. The van der Waals surface area contributed by atoms with Crippen LogP contribution < -0.4 is 0 Å². The molecule has 5 nitrogen and oxygen atoms in total. The molecule has 132 valence electrons. The van der Waals surface area contributed by atoms with Gasteiger partial charge >= 0.3 is 0 Å². The van der Waals surface area contributed by atoms with Crippen LogP contribution in [0.5, 0.6) is 0 Å². The highest BCUT2D eigenvalue weighted by Gasteiger charge is 2.34. The summed E-state index contributed by atoms with van der Waals surface area (Å²) in [5, 5.41) is 4.10. The van der Waals surface area contributed by atoms with E-state index in [2.05, 4.69) is 10.1 Å². The molecule has 5 heteroatoms. The standard InChI is InChI=1S/C21H21N3O2/c1-15-8-5-6-11-17(15)14-19(25)24-13-7-12-18(24)21-22-20(23-26-21)16-9-3-2-4-10-16/h2-6,8-11,18H,7,12-14H2,1H3/t18-/m1/s1. The lowest BCUT2D eigenvalue weighted by Crippen LogP contribution is -2.32. The summed E-state index contributed by atoms with van der Waals surface area (Å²) in [6.07, 6.45) is 2.21. The summed E-state index contributed by atoms with van der Waals surface area (Å²) >= 11 is 0. The Hall–Kier alpha value is -2.95. The predicted octanol–water partition coefficient (Wildman–Crippen LogP) is 3.95. The molecule has 0 unspecified atom stereocenters. The summed E-state index contributed by atoms with van der Waals surface area (Å²) in [5.41, 5.74) is 3.12. The third-order valence-electron chi connectivity index (χ3n) is 4.93. The highest BCUT2D eigenvalue weighted by Crippen LogP contribution is 2.32. The van der Waals surface area contributed by atoms with Crippen molar-refractivity contribution in [2.24, 2.45) is 0 Å². The first-order chi connectivity index (χ1) is 12.7. The topological polar surface area (TPSA) is 59.2 Å². The number of carbonyl (C=O) groups excluding carboxylic acids is 1. The quantitative estimate of drug-likeness (QED) is 0.717. The zero-order valence-electron chi connectivity index (χ0n) is 14.8. The first-order valence-electron chi connectivity index (χ1n) is 8.95. The minimum atomic E-state index is -0.128. The van der Waals surface area contributed by atoms with Crippen molar-refractivity contribution in [3.05, 3.63) is 71.6 Å². The summed E-state index contributed by atoms with van der Waals surface area (Å²) in [7, 11) is 0. The number of rotatable bonds is 4. The molecule has 0 bridgehead atoms. The fourth-order valence-corrected chi connectivity index (χ4v) is 3.47. The Balaban J connectivity index is 1.53. The molecule has 2 aromatic carbocycles. The molecule has 1 aliphatic heterocycles. The molecule has 2 heterocycles. The molecular weight excluding hydrogens is 326 g/mol. The highest BCUT2D eigenvalue weighted by molar-refractivity contribution is 5.79. The lowest BCUT2D eigenvalue weighted by molar-refractivity contribution is -0.131. The first-order valence-corrected chi connectivity index (χ1v) is 8.95. The van der Waals surface area contributed by atoms with Gasteiger partial charge in [0.25, 0.3) is 0 Å². The van der Waals surface area contributed by atoms with Crippen LogP contribution in [0.25, 0.3) is 11.4 Å². The van der Waals surface area contributed by atoms with E-state index in [9.17, 15) is 4.79 Å². The van der Waals surface area contributed by atoms with E-state index in [0.29, 0.717) is 18.1 Å². The predicted molar refractivity (Wildman–Crippen MR) is 98.3 cm³/mol. The number of hydrogen-bond donors (Lipinski definition) is 0. The van der Waals surface area contributed by atoms with Gasteiger partial charge < -0.3 is 9.42 Å². The second-order valence-electron chi connectivity index (χ2n) is 6.67. The van der Waals surface area contributed by atoms with E-state index in [1.807, 2.05) is 66.4 Å². The number of nitrogens with zero attached hydrogens (tertiary/aromatic N) is 3. The monoisotopic (exact) mass is 347 g/mol. The van der Waals surface area contributed by atoms with Crippen molar-refractivity contribution in [1.29, 1.82) is 0 Å². The van der Waals surface area contributed by atoms with Gasteiger partial charge in [0.2, 0.25) is 17.6 Å². The van der Waals surface area contributed by atoms with Crippen molar-refractivity contribution >= 4 is 5.91 Å². The molecule has 0 aliphatic carbocycles. The first kappa shape index (κ1) is 16.5. The molecule has 0 N–H and O–H groups in total. The van der Waals surface area contributed by atoms with E-state index in [1.165, 1.54) is 0 Å². The largest absolute Gasteiger partial charge is 0.337 e. The molecule has 1 aromatic heterocycles. The molecule has 1 saturated heterocycles. The third kappa shape index (κ3) is 3.25. The van der Waals surface area contributed by atoms with E-state index < -0.39 is 0 Å². The van der Waals surface area contributed by atoms with Gasteiger partial charge in [-0.1, -0.05) is 59.8 Å². The van der Waals surface area contributed by atoms with Gasteiger partial charge in [-0.2, -0.15) is 4.98 Å². The highest BCUT2D eigenvalue weighted by atomic mass is 16.5. The van der Waals surface area contributed by atoms with E-state index in [1.54, 1.807) is 0 Å². The molecule has 1 amide bonds. The summed E-state index contributed by atoms with van der Waals surface area (Å²) in [6.45, 7) is 2.77.